The molecule has 0 aliphatic heterocycles. The van der Waals surface area contributed by atoms with Gasteiger partial charge in [0, 0.05) is 30.8 Å². The van der Waals surface area contributed by atoms with E-state index in [2.05, 4.69) is 21.8 Å². The van der Waals surface area contributed by atoms with Crippen molar-refractivity contribution in [1.82, 2.24) is 19.9 Å². The summed E-state index contributed by atoms with van der Waals surface area (Å²) in [6, 6.07) is 7.36. The number of benzene rings is 1. The zero-order chi connectivity index (χ0) is 21.5. The first-order valence-electron chi connectivity index (χ1n) is 10.1. The van der Waals surface area contributed by atoms with Crippen LogP contribution in [0.4, 0.5) is 5.82 Å². The van der Waals surface area contributed by atoms with Gasteiger partial charge in [-0.05, 0) is 32.1 Å². The van der Waals surface area contributed by atoms with Gasteiger partial charge in [0.1, 0.15) is 17.9 Å². The van der Waals surface area contributed by atoms with Crippen LogP contribution < -0.4 is 16.8 Å². The van der Waals surface area contributed by atoms with Gasteiger partial charge in [-0.2, -0.15) is 11.8 Å². The minimum atomic E-state index is -0.519. The number of para-hydroxylation sites is 1. The first kappa shape index (κ1) is 22.3. The number of carbonyl (C=O) groups is 1. The average Bonchev–Trinajstić information content (AvgIpc) is 3.12. The van der Waals surface area contributed by atoms with Crippen LogP contribution in [0.15, 0.2) is 24.3 Å². The van der Waals surface area contributed by atoms with E-state index in [0.29, 0.717) is 49.1 Å². The van der Waals surface area contributed by atoms with E-state index in [1.165, 1.54) is 0 Å². The second-order valence-corrected chi connectivity index (χ2v) is 8.00. The Labute approximate surface area is 180 Å². The number of carbonyl (C=O) groups excluding carboxylic acids is 1. The van der Waals surface area contributed by atoms with Gasteiger partial charge >= 0.3 is 0 Å². The number of ether oxygens (including phenoxy) is 1. The summed E-state index contributed by atoms with van der Waals surface area (Å²) in [5.41, 5.74) is 14.5. The first-order valence-corrected chi connectivity index (χ1v) is 11.2. The molecule has 0 spiro atoms. The number of amides is 1. The molecule has 0 fully saturated rings. The Balaban J connectivity index is 1.80. The van der Waals surface area contributed by atoms with E-state index in [1.807, 2.05) is 31.2 Å². The smallest absolute Gasteiger partial charge is 0.237 e. The van der Waals surface area contributed by atoms with Gasteiger partial charge in [-0.25, -0.2) is 9.97 Å². The van der Waals surface area contributed by atoms with Crippen molar-refractivity contribution in [3.63, 3.8) is 0 Å². The Morgan fingerprint density at radius 2 is 2.17 bits per heavy atom. The zero-order valence-electron chi connectivity index (χ0n) is 17.3. The third kappa shape index (κ3) is 5.03. The fraction of sp³-hybridized carbons (Fsp3) is 0.429. The molecule has 0 aliphatic rings. The van der Waals surface area contributed by atoms with Crippen LogP contribution in [0.1, 0.15) is 19.2 Å². The molecular weight excluding hydrogens is 400 g/mol. The molecule has 2 aromatic heterocycles. The van der Waals surface area contributed by atoms with E-state index in [4.69, 9.17) is 21.2 Å². The summed E-state index contributed by atoms with van der Waals surface area (Å²) in [5.74, 6) is 2.33. The Morgan fingerprint density at radius 3 is 2.93 bits per heavy atom. The van der Waals surface area contributed by atoms with E-state index < -0.39 is 6.04 Å². The van der Waals surface area contributed by atoms with Crippen LogP contribution in [0.3, 0.4) is 0 Å². The molecule has 2 heterocycles. The number of nitrogens with zero attached hydrogens (tertiary/aromatic N) is 3. The molecule has 1 radical (unpaired) electrons. The highest BCUT2D eigenvalue weighted by molar-refractivity contribution is 7.99. The molecule has 161 valence electrons. The van der Waals surface area contributed by atoms with E-state index >= 15 is 0 Å². The number of pyridine rings is 1. The van der Waals surface area contributed by atoms with Crippen molar-refractivity contribution < 1.29 is 9.53 Å². The van der Waals surface area contributed by atoms with Crippen molar-refractivity contribution in [3.05, 3.63) is 37.0 Å². The van der Waals surface area contributed by atoms with Crippen LogP contribution in [0.2, 0.25) is 0 Å². The molecule has 0 bridgehead atoms. The Kier molecular flexibility index (Phi) is 7.89. The minimum absolute atomic E-state index is 0.139. The number of fused-ring (bicyclic) bond motifs is 3. The summed E-state index contributed by atoms with van der Waals surface area (Å²) in [4.78, 5) is 21.3. The molecule has 0 unspecified atom stereocenters. The second kappa shape index (κ2) is 10.6. The van der Waals surface area contributed by atoms with Gasteiger partial charge in [0.05, 0.1) is 17.1 Å². The van der Waals surface area contributed by atoms with Crippen molar-refractivity contribution in [3.8, 4) is 0 Å². The monoisotopic (exact) mass is 429 g/mol. The lowest BCUT2D eigenvalue weighted by atomic mass is 10.2. The summed E-state index contributed by atoms with van der Waals surface area (Å²) < 4.78 is 7.74. The van der Waals surface area contributed by atoms with Crippen LogP contribution in [-0.4, -0.2) is 51.1 Å². The van der Waals surface area contributed by atoms with Gasteiger partial charge in [-0.3, -0.25) is 4.79 Å². The maximum Gasteiger partial charge on any atom is 0.237 e. The molecule has 3 aromatic rings. The van der Waals surface area contributed by atoms with Gasteiger partial charge in [0.25, 0.3) is 0 Å². The number of nitrogens with one attached hydrogen (secondary N) is 1. The third-order valence-corrected chi connectivity index (χ3v) is 5.64. The van der Waals surface area contributed by atoms with E-state index in [0.717, 1.165) is 28.7 Å². The van der Waals surface area contributed by atoms with Crippen LogP contribution in [0.5, 0.6) is 0 Å². The molecule has 0 saturated heterocycles. The number of imidazole rings is 1. The fourth-order valence-electron chi connectivity index (χ4n) is 3.32. The average molecular weight is 430 g/mol. The fourth-order valence-corrected chi connectivity index (χ4v) is 3.89. The lowest BCUT2D eigenvalue weighted by molar-refractivity contribution is -0.121. The quantitative estimate of drug-likeness (QED) is 0.399. The number of aromatic nitrogens is 3. The highest BCUT2D eigenvalue weighted by Crippen LogP contribution is 2.29. The highest BCUT2D eigenvalue weighted by atomic mass is 32.2. The van der Waals surface area contributed by atoms with Gasteiger partial charge in [0.2, 0.25) is 5.91 Å². The maximum atomic E-state index is 12.1. The van der Waals surface area contributed by atoms with Crippen molar-refractivity contribution in [1.29, 1.82) is 0 Å². The normalized spacial score (nSPS) is 12.5. The largest absolute Gasteiger partial charge is 0.382 e. The Morgan fingerprint density at radius 1 is 1.37 bits per heavy atom. The summed E-state index contributed by atoms with van der Waals surface area (Å²) in [6.07, 6.45) is 0.724. The molecule has 9 heteroatoms. The molecule has 0 saturated carbocycles. The molecule has 1 aromatic carbocycles. The van der Waals surface area contributed by atoms with Crippen molar-refractivity contribution in [2.24, 2.45) is 5.73 Å². The molecular formula is C21H29N6O2S. The highest BCUT2D eigenvalue weighted by Gasteiger charge is 2.17. The molecule has 1 amide bonds. The Hall–Kier alpha value is -2.36. The molecule has 5 N–H and O–H groups in total. The summed E-state index contributed by atoms with van der Waals surface area (Å²) >= 11 is 1.55. The molecule has 8 nitrogen and oxygen atoms in total. The van der Waals surface area contributed by atoms with Crippen molar-refractivity contribution in [2.45, 2.75) is 32.5 Å². The van der Waals surface area contributed by atoms with Gasteiger partial charge in [-0.15, -0.1) is 0 Å². The predicted octanol–water partition coefficient (Wildman–Crippen LogP) is 2.10. The minimum Gasteiger partial charge on any atom is -0.382 e. The number of rotatable bonds is 11. The van der Waals surface area contributed by atoms with Crippen LogP contribution in [0, 0.1) is 6.92 Å². The molecule has 3 rings (SSSR count). The second-order valence-electron chi connectivity index (χ2n) is 6.85. The number of nitrogens with two attached hydrogens (primary N) is 2. The Bertz CT molecular complexity index is 1010. The number of hydrogen-bond donors (Lipinski definition) is 3. The summed E-state index contributed by atoms with van der Waals surface area (Å²) in [6.45, 7) is 7.86. The SMILES string of the molecule is [CH2]CSC[C@H](N)C(=O)NCCCn1c(COCC)nc2c(N)nc3ccccc3c21. The zero-order valence-corrected chi connectivity index (χ0v) is 18.1. The van der Waals surface area contributed by atoms with Gasteiger partial charge in [0.15, 0.2) is 5.82 Å². The topological polar surface area (TPSA) is 121 Å². The first-order chi connectivity index (χ1) is 14.6. The lowest BCUT2D eigenvalue weighted by Crippen LogP contribution is -2.42. The van der Waals surface area contributed by atoms with Crippen molar-refractivity contribution >= 4 is 45.4 Å². The molecule has 1 atom stereocenters. The summed E-state index contributed by atoms with van der Waals surface area (Å²) in [5, 5.41) is 3.91. The summed E-state index contributed by atoms with van der Waals surface area (Å²) in [7, 11) is 0. The van der Waals surface area contributed by atoms with Crippen molar-refractivity contribution in [2.75, 3.05) is 30.4 Å². The number of anilines is 1. The number of aryl methyl sites for hydroxylation is 1. The lowest BCUT2D eigenvalue weighted by Gasteiger charge is -2.13. The van der Waals surface area contributed by atoms with E-state index in [1.54, 1.807) is 11.8 Å². The van der Waals surface area contributed by atoms with Crippen LogP contribution >= 0.6 is 11.8 Å². The maximum absolute atomic E-state index is 12.1. The van der Waals surface area contributed by atoms with Gasteiger partial charge in [-0.1, -0.05) is 18.2 Å². The number of thioether (sulfide) groups is 1. The third-order valence-electron chi connectivity index (χ3n) is 4.76. The predicted molar refractivity (Wildman–Crippen MR) is 123 cm³/mol. The van der Waals surface area contributed by atoms with Gasteiger partial charge < -0.3 is 26.1 Å². The molecule has 0 aliphatic carbocycles. The van der Waals surface area contributed by atoms with E-state index in [-0.39, 0.29) is 5.91 Å². The standard InChI is InChI=1S/C21H29N6O2S/c1-3-29-12-17-26-18-19(14-8-5-6-9-16(14)25-20(18)23)27(17)11-7-10-24-21(28)15(22)13-30-4-2/h5-6,8-9,15H,2-4,7,10-13,22H2,1H3,(H2,23,25)(H,24,28)/t15-/m0/s1. The number of nitrogen functional groups attached to an aromatic ring is 1. The van der Waals surface area contributed by atoms with Crippen LogP contribution in [-0.2, 0) is 22.7 Å². The molecule has 30 heavy (non-hydrogen) atoms. The van der Waals surface area contributed by atoms with E-state index in [9.17, 15) is 4.79 Å². The van der Waals surface area contributed by atoms with Crippen LogP contribution in [0.25, 0.3) is 21.9 Å². The number of hydrogen-bond acceptors (Lipinski definition) is 7.